The maximum absolute atomic E-state index is 6.41. The van der Waals surface area contributed by atoms with Crippen LogP contribution in [-0.2, 0) is 4.74 Å². The first-order valence-corrected chi connectivity index (χ1v) is 7.53. The summed E-state index contributed by atoms with van der Waals surface area (Å²) in [7, 11) is 2.08. The summed E-state index contributed by atoms with van der Waals surface area (Å²) >= 11 is 0. The van der Waals surface area contributed by atoms with Crippen LogP contribution in [0.4, 0.5) is 0 Å². The van der Waals surface area contributed by atoms with Crippen LogP contribution in [0.5, 0.6) is 0 Å². The van der Waals surface area contributed by atoms with Crippen LogP contribution < -0.4 is 5.32 Å². The first-order chi connectivity index (χ1) is 8.20. The largest absolute Gasteiger partial charge is 0.374 e. The average Bonchev–Trinajstić information content (AvgIpc) is 2.61. The second-order valence-electron chi connectivity index (χ2n) is 6.17. The molecule has 1 N–H and O–H groups in total. The fourth-order valence-electron chi connectivity index (χ4n) is 3.56. The Bertz CT molecular complexity index is 235. The van der Waals surface area contributed by atoms with Crippen LogP contribution in [-0.4, -0.2) is 25.3 Å². The molecule has 2 rings (SSSR count). The Labute approximate surface area is 107 Å². The van der Waals surface area contributed by atoms with E-state index in [2.05, 4.69) is 26.2 Å². The molecule has 2 saturated carbocycles. The Balaban J connectivity index is 1.86. The molecule has 0 aromatic rings. The Hall–Kier alpha value is -0.0800. The van der Waals surface area contributed by atoms with Gasteiger partial charge in [0.05, 0.1) is 12.2 Å². The van der Waals surface area contributed by atoms with Gasteiger partial charge in [0.15, 0.2) is 0 Å². The van der Waals surface area contributed by atoms with E-state index in [1.54, 1.807) is 0 Å². The molecule has 0 amide bonds. The van der Waals surface area contributed by atoms with Gasteiger partial charge in [-0.05, 0) is 32.7 Å². The minimum atomic E-state index is 0.362. The molecule has 17 heavy (non-hydrogen) atoms. The van der Waals surface area contributed by atoms with E-state index in [1.165, 1.54) is 51.4 Å². The SMILES string of the molecule is CCC1(C)C(NC)CC1OC1CCCCCC1. The van der Waals surface area contributed by atoms with Crippen molar-refractivity contribution in [1.82, 2.24) is 5.32 Å². The van der Waals surface area contributed by atoms with Gasteiger partial charge in [0, 0.05) is 11.5 Å². The van der Waals surface area contributed by atoms with Crippen LogP contribution in [0.2, 0.25) is 0 Å². The van der Waals surface area contributed by atoms with Gasteiger partial charge in [-0.25, -0.2) is 0 Å². The molecule has 0 radical (unpaired) electrons. The van der Waals surface area contributed by atoms with Crippen molar-refractivity contribution in [2.75, 3.05) is 7.05 Å². The van der Waals surface area contributed by atoms with Gasteiger partial charge in [-0.15, -0.1) is 0 Å². The van der Waals surface area contributed by atoms with Crippen LogP contribution in [0.1, 0.15) is 65.2 Å². The zero-order valence-electron chi connectivity index (χ0n) is 11.8. The average molecular weight is 239 g/mol. The number of ether oxygens (including phenoxy) is 1. The monoisotopic (exact) mass is 239 g/mol. The summed E-state index contributed by atoms with van der Waals surface area (Å²) in [6, 6.07) is 0.656. The zero-order valence-corrected chi connectivity index (χ0v) is 11.8. The van der Waals surface area contributed by atoms with E-state index in [1.807, 2.05) is 0 Å². The van der Waals surface area contributed by atoms with Crippen molar-refractivity contribution in [1.29, 1.82) is 0 Å². The zero-order chi connectivity index (χ0) is 12.3. The van der Waals surface area contributed by atoms with E-state index in [0.717, 1.165) is 0 Å². The summed E-state index contributed by atoms with van der Waals surface area (Å²) in [6.07, 6.45) is 11.6. The van der Waals surface area contributed by atoms with Crippen LogP contribution in [0, 0.1) is 5.41 Å². The Morgan fingerprint density at radius 1 is 1.18 bits per heavy atom. The van der Waals surface area contributed by atoms with Gasteiger partial charge in [-0.3, -0.25) is 0 Å². The predicted molar refractivity (Wildman–Crippen MR) is 72.2 cm³/mol. The van der Waals surface area contributed by atoms with Crippen molar-refractivity contribution in [3.63, 3.8) is 0 Å². The van der Waals surface area contributed by atoms with Gasteiger partial charge in [0.2, 0.25) is 0 Å². The predicted octanol–water partition coefficient (Wildman–Crippen LogP) is 3.50. The molecule has 0 heterocycles. The van der Waals surface area contributed by atoms with E-state index in [0.29, 0.717) is 23.7 Å². The first-order valence-electron chi connectivity index (χ1n) is 7.53. The maximum Gasteiger partial charge on any atom is 0.0662 e. The van der Waals surface area contributed by atoms with Crippen LogP contribution in [0.25, 0.3) is 0 Å². The third-order valence-electron chi connectivity index (χ3n) is 5.25. The lowest BCUT2D eigenvalue weighted by atomic mass is 9.61. The topological polar surface area (TPSA) is 21.3 Å². The number of rotatable bonds is 4. The van der Waals surface area contributed by atoms with Crippen molar-refractivity contribution in [2.24, 2.45) is 5.41 Å². The highest BCUT2D eigenvalue weighted by Crippen LogP contribution is 2.46. The molecule has 2 aliphatic carbocycles. The fraction of sp³-hybridized carbons (Fsp3) is 1.00. The minimum Gasteiger partial charge on any atom is -0.374 e. The molecular weight excluding hydrogens is 210 g/mol. The molecule has 0 aliphatic heterocycles. The summed E-state index contributed by atoms with van der Waals surface area (Å²) in [5.41, 5.74) is 0.362. The maximum atomic E-state index is 6.41. The van der Waals surface area contributed by atoms with Crippen molar-refractivity contribution in [2.45, 2.75) is 83.5 Å². The third-order valence-corrected chi connectivity index (χ3v) is 5.25. The molecule has 2 aliphatic rings. The van der Waals surface area contributed by atoms with Gasteiger partial charge >= 0.3 is 0 Å². The third kappa shape index (κ3) is 2.68. The molecule has 2 fully saturated rings. The second-order valence-corrected chi connectivity index (χ2v) is 6.17. The standard InChI is InChI=1S/C15H29NO/c1-4-15(2)13(16-3)11-14(15)17-12-9-7-5-6-8-10-12/h12-14,16H,4-11H2,1-3H3. The van der Waals surface area contributed by atoms with E-state index >= 15 is 0 Å². The lowest BCUT2D eigenvalue weighted by Gasteiger charge is -2.54. The summed E-state index contributed by atoms with van der Waals surface area (Å²) < 4.78 is 6.41. The van der Waals surface area contributed by atoms with Gasteiger partial charge in [0.1, 0.15) is 0 Å². The Morgan fingerprint density at radius 3 is 2.35 bits per heavy atom. The van der Waals surface area contributed by atoms with Crippen molar-refractivity contribution in [3.05, 3.63) is 0 Å². The molecule has 0 aromatic carbocycles. The smallest absolute Gasteiger partial charge is 0.0662 e. The van der Waals surface area contributed by atoms with Crippen LogP contribution in [0.3, 0.4) is 0 Å². The van der Waals surface area contributed by atoms with Crippen molar-refractivity contribution >= 4 is 0 Å². The molecule has 0 bridgehead atoms. The van der Waals surface area contributed by atoms with E-state index < -0.39 is 0 Å². The molecule has 3 atom stereocenters. The van der Waals surface area contributed by atoms with Gasteiger partial charge < -0.3 is 10.1 Å². The fourth-order valence-corrected chi connectivity index (χ4v) is 3.56. The Kier molecular flexibility index (Phi) is 4.48. The molecule has 100 valence electrons. The highest BCUT2D eigenvalue weighted by Gasteiger charge is 2.51. The first kappa shape index (κ1) is 13.4. The molecule has 0 spiro atoms. The molecule has 2 heteroatoms. The van der Waals surface area contributed by atoms with E-state index in [9.17, 15) is 0 Å². The highest BCUT2D eigenvalue weighted by atomic mass is 16.5. The minimum absolute atomic E-state index is 0.362. The molecular formula is C15H29NO. The summed E-state index contributed by atoms with van der Waals surface area (Å²) in [4.78, 5) is 0. The highest BCUT2D eigenvalue weighted by molar-refractivity contribution is 5.04. The lowest BCUT2D eigenvalue weighted by molar-refractivity contribution is -0.158. The molecule has 3 unspecified atom stereocenters. The normalized spacial score (nSPS) is 39.7. The Morgan fingerprint density at radius 2 is 1.82 bits per heavy atom. The molecule has 2 nitrogen and oxygen atoms in total. The summed E-state index contributed by atoms with van der Waals surface area (Å²) in [5, 5.41) is 3.44. The second kappa shape index (κ2) is 5.71. The summed E-state index contributed by atoms with van der Waals surface area (Å²) in [5.74, 6) is 0. The van der Waals surface area contributed by atoms with E-state index in [4.69, 9.17) is 4.74 Å². The van der Waals surface area contributed by atoms with Crippen molar-refractivity contribution < 1.29 is 4.74 Å². The van der Waals surface area contributed by atoms with Gasteiger partial charge in [-0.1, -0.05) is 39.5 Å². The number of nitrogens with one attached hydrogen (secondary N) is 1. The van der Waals surface area contributed by atoms with Crippen molar-refractivity contribution in [3.8, 4) is 0 Å². The van der Waals surface area contributed by atoms with Crippen LogP contribution >= 0.6 is 0 Å². The molecule has 0 aromatic heterocycles. The number of hydrogen-bond donors (Lipinski definition) is 1. The lowest BCUT2D eigenvalue weighted by Crippen LogP contribution is -2.62. The molecule has 0 saturated heterocycles. The number of hydrogen-bond acceptors (Lipinski definition) is 2. The van der Waals surface area contributed by atoms with E-state index in [-0.39, 0.29) is 0 Å². The summed E-state index contributed by atoms with van der Waals surface area (Å²) in [6.45, 7) is 4.69. The quantitative estimate of drug-likeness (QED) is 0.758. The van der Waals surface area contributed by atoms with Gasteiger partial charge in [0.25, 0.3) is 0 Å². The van der Waals surface area contributed by atoms with Gasteiger partial charge in [-0.2, -0.15) is 0 Å². The van der Waals surface area contributed by atoms with Crippen LogP contribution in [0.15, 0.2) is 0 Å².